The first-order valence-electron chi connectivity index (χ1n) is 10.9. The van der Waals surface area contributed by atoms with Crippen LogP contribution in [0.3, 0.4) is 0 Å². The molecular weight excluding hydrogens is 454 g/mol. The van der Waals surface area contributed by atoms with Crippen LogP contribution in [0.4, 0.5) is 5.69 Å². The van der Waals surface area contributed by atoms with Crippen molar-refractivity contribution in [3.63, 3.8) is 0 Å². The molecule has 3 rings (SSSR count). The maximum absolute atomic E-state index is 13.7. The molecular formula is C24H29N5O4S. The highest BCUT2D eigenvalue weighted by Gasteiger charge is 2.35. The molecule has 0 fully saturated rings. The van der Waals surface area contributed by atoms with Crippen LogP contribution >= 0.6 is 11.5 Å². The summed E-state index contributed by atoms with van der Waals surface area (Å²) in [6.07, 6.45) is 2.29. The van der Waals surface area contributed by atoms with Crippen molar-refractivity contribution in [2.45, 2.75) is 39.8 Å². The fourth-order valence-corrected chi connectivity index (χ4v) is 4.17. The lowest BCUT2D eigenvalue weighted by atomic mass is 10.0. The van der Waals surface area contributed by atoms with Gasteiger partial charge in [0.25, 0.3) is 11.8 Å². The second-order valence-corrected chi connectivity index (χ2v) is 9.21. The predicted molar refractivity (Wildman–Crippen MR) is 130 cm³/mol. The number of amides is 3. The van der Waals surface area contributed by atoms with Crippen molar-refractivity contribution in [3.8, 4) is 0 Å². The number of hydrogen-bond acceptors (Lipinski definition) is 7. The maximum atomic E-state index is 13.7. The lowest BCUT2D eigenvalue weighted by molar-refractivity contribution is -0.126. The lowest BCUT2D eigenvalue weighted by Crippen LogP contribution is -2.43. The van der Waals surface area contributed by atoms with E-state index in [9.17, 15) is 14.4 Å². The number of hydrogen-bond donors (Lipinski definition) is 3. The van der Waals surface area contributed by atoms with E-state index in [1.807, 2.05) is 31.2 Å². The van der Waals surface area contributed by atoms with Gasteiger partial charge in [0.05, 0.1) is 18.5 Å². The first-order chi connectivity index (χ1) is 16.2. The number of primary amides is 1. The van der Waals surface area contributed by atoms with Crippen LogP contribution in [0.1, 0.15) is 63.4 Å². The topological polar surface area (TPSA) is 145 Å². The summed E-state index contributed by atoms with van der Waals surface area (Å²) < 4.78 is 9.42. The third-order valence-corrected chi connectivity index (χ3v) is 6.15. The first kappa shape index (κ1) is 25.0. The molecule has 1 aromatic carbocycles. The monoisotopic (exact) mass is 483 g/mol. The predicted octanol–water partition coefficient (Wildman–Crippen LogP) is 3.27. The minimum Gasteiger partial charge on any atom is -0.467 e. The Hall–Kier alpha value is -3.66. The van der Waals surface area contributed by atoms with E-state index in [4.69, 9.17) is 15.9 Å². The van der Waals surface area contributed by atoms with Gasteiger partial charge in [0.15, 0.2) is 5.69 Å². The van der Waals surface area contributed by atoms with Gasteiger partial charge in [-0.25, -0.2) is 0 Å². The molecule has 0 bridgehead atoms. The molecule has 1 unspecified atom stereocenters. The van der Waals surface area contributed by atoms with Crippen molar-refractivity contribution in [2.24, 2.45) is 11.7 Å². The molecule has 2 aromatic heterocycles. The van der Waals surface area contributed by atoms with Gasteiger partial charge in [-0.05, 0) is 48.5 Å². The van der Waals surface area contributed by atoms with E-state index < -0.39 is 17.9 Å². The Morgan fingerprint density at radius 3 is 2.44 bits per heavy atom. The molecule has 180 valence electrons. The average Bonchev–Trinajstić information content (AvgIpc) is 3.43. The summed E-state index contributed by atoms with van der Waals surface area (Å²) in [7, 11) is 0. The SMILES string of the molecule is Cc1ccc(C(C(=O)NCCC(C)C)N(Cc2ccco2)C(=O)c2snc(C(N)=O)c2N)cc1. The molecule has 0 saturated heterocycles. The molecule has 0 aliphatic heterocycles. The summed E-state index contributed by atoms with van der Waals surface area (Å²) in [4.78, 5) is 40.2. The van der Waals surface area contributed by atoms with Crippen LogP contribution in [0, 0.1) is 12.8 Å². The zero-order chi connectivity index (χ0) is 24.8. The van der Waals surface area contributed by atoms with Crippen molar-refractivity contribution in [2.75, 3.05) is 12.3 Å². The molecule has 0 aliphatic carbocycles. The number of benzene rings is 1. The number of aromatic nitrogens is 1. The van der Waals surface area contributed by atoms with E-state index in [0.717, 1.165) is 23.5 Å². The molecule has 0 aliphatic rings. The van der Waals surface area contributed by atoms with Gasteiger partial charge in [0, 0.05) is 6.54 Å². The number of nitrogens with zero attached hydrogens (tertiary/aromatic N) is 2. The molecule has 0 radical (unpaired) electrons. The molecule has 9 nitrogen and oxygen atoms in total. The number of rotatable bonds is 10. The largest absolute Gasteiger partial charge is 0.467 e. The quantitative estimate of drug-likeness (QED) is 0.404. The minimum atomic E-state index is -0.969. The normalized spacial score (nSPS) is 11.9. The van der Waals surface area contributed by atoms with E-state index in [-0.39, 0.29) is 28.7 Å². The molecule has 10 heteroatoms. The van der Waals surface area contributed by atoms with Gasteiger partial charge in [0.1, 0.15) is 16.7 Å². The zero-order valence-corrected chi connectivity index (χ0v) is 20.2. The Balaban J connectivity index is 2.05. The minimum absolute atomic E-state index is 0.00518. The fraction of sp³-hybridized carbons (Fsp3) is 0.333. The van der Waals surface area contributed by atoms with Gasteiger partial charge in [-0.1, -0.05) is 43.7 Å². The van der Waals surface area contributed by atoms with Crippen LogP contribution in [-0.2, 0) is 11.3 Å². The smallest absolute Gasteiger partial charge is 0.270 e. The molecule has 34 heavy (non-hydrogen) atoms. The molecule has 1 atom stereocenters. The lowest BCUT2D eigenvalue weighted by Gasteiger charge is -2.30. The number of nitrogens with one attached hydrogen (secondary N) is 1. The summed E-state index contributed by atoms with van der Waals surface area (Å²) >= 11 is 0.773. The Bertz CT molecular complexity index is 1140. The standard InChI is InChI=1S/C24H29N5O4S/c1-14(2)10-11-27-23(31)20(16-8-6-15(3)7-9-16)29(13-17-5-4-12-33-17)24(32)21-18(25)19(22(26)30)28-34-21/h4-9,12,14,20H,10-11,13,25H2,1-3H3,(H2,26,30)(H,27,31). The van der Waals surface area contributed by atoms with Gasteiger partial charge in [-0.3, -0.25) is 14.4 Å². The van der Waals surface area contributed by atoms with E-state index in [1.165, 1.54) is 11.2 Å². The third-order valence-electron chi connectivity index (χ3n) is 5.30. The van der Waals surface area contributed by atoms with E-state index in [1.54, 1.807) is 12.1 Å². The van der Waals surface area contributed by atoms with Gasteiger partial charge in [0.2, 0.25) is 5.91 Å². The Labute approximate surface area is 202 Å². The molecule has 5 N–H and O–H groups in total. The first-order valence-corrected chi connectivity index (χ1v) is 11.7. The van der Waals surface area contributed by atoms with E-state index in [2.05, 4.69) is 23.5 Å². The van der Waals surface area contributed by atoms with Crippen molar-refractivity contribution in [1.29, 1.82) is 0 Å². The molecule has 2 heterocycles. The number of furan rings is 1. The van der Waals surface area contributed by atoms with Gasteiger partial charge in [-0.15, -0.1) is 0 Å². The highest BCUT2D eigenvalue weighted by atomic mass is 32.1. The van der Waals surface area contributed by atoms with Crippen LogP contribution in [-0.4, -0.2) is 33.5 Å². The van der Waals surface area contributed by atoms with Crippen molar-refractivity contribution >= 4 is 34.9 Å². The summed E-state index contributed by atoms with van der Waals surface area (Å²) in [6, 6.07) is 9.84. The highest BCUT2D eigenvalue weighted by molar-refractivity contribution is 7.09. The molecule has 3 aromatic rings. The number of carbonyl (C=O) groups excluding carboxylic acids is 3. The Morgan fingerprint density at radius 1 is 1.18 bits per heavy atom. The highest BCUT2D eigenvalue weighted by Crippen LogP contribution is 2.30. The van der Waals surface area contributed by atoms with Crippen molar-refractivity contribution in [3.05, 3.63) is 70.1 Å². The van der Waals surface area contributed by atoms with Crippen LogP contribution in [0.15, 0.2) is 47.1 Å². The number of nitrogen functional groups attached to an aromatic ring is 1. The molecule has 0 spiro atoms. The van der Waals surface area contributed by atoms with Crippen LogP contribution in [0.5, 0.6) is 0 Å². The zero-order valence-electron chi connectivity index (χ0n) is 19.4. The Morgan fingerprint density at radius 2 is 1.88 bits per heavy atom. The van der Waals surface area contributed by atoms with Gasteiger partial charge in [-0.2, -0.15) is 4.37 Å². The summed E-state index contributed by atoms with van der Waals surface area (Å²) in [5, 5.41) is 2.95. The summed E-state index contributed by atoms with van der Waals surface area (Å²) in [5.41, 5.74) is 12.7. The van der Waals surface area contributed by atoms with Crippen LogP contribution in [0.25, 0.3) is 0 Å². The summed E-state index contributed by atoms with van der Waals surface area (Å²) in [5.74, 6) is -0.820. The second-order valence-electron chi connectivity index (χ2n) is 8.44. The molecule has 0 saturated carbocycles. The Kier molecular flexibility index (Phi) is 8.06. The number of nitrogens with two attached hydrogens (primary N) is 2. The van der Waals surface area contributed by atoms with Crippen molar-refractivity contribution < 1.29 is 18.8 Å². The number of carbonyl (C=O) groups is 3. The van der Waals surface area contributed by atoms with E-state index >= 15 is 0 Å². The fourth-order valence-electron chi connectivity index (χ4n) is 3.41. The maximum Gasteiger partial charge on any atom is 0.270 e. The van der Waals surface area contributed by atoms with Crippen LogP contribution < -0.4 is 16.8 Å². The average molecular weight is 484 g/mol. The van der Waals surface area contributed by atoms with E-state index in [0.29, 0.717) is 23.8 Å². The number of anilines is 1. The van der Waals surface area contributed by atoms with Crippen molar-refractivity contribution in [1.82, 2.24) is 14.6 Å². The molecule has 3 amide bonds. The second kappa shape index (κ2) is 11.0. The van der Waals surface area contributed by atoms with Gasteiger partial charge < -0.3 is 26.1 Å². The van der Waals surface area contributed by atoms with Gasteiger partial charge >= 0.3 is 0 Å². The number of aryl methyl sites for hydroxylation is 1. The summed E-state index contributed by atoms with van der Waals surface area (Å²) in [6.45, 7) is 6.55. The third kappa shape index (κ3) is 5.82. The van der Waals surface area contributed by atoms with Crippen LogP contribution in [0.2, 0.25) is 0 Å².